The van der Waals surface area contributed by atoms with E-state index < -0.39 is 0 Å². The van der Waals surface area contributed by atoms with Crippen molar-refractivity contribution in [3.05, 3.63) is 35.9 Å². The lowest BCUT2D eigenvalue weighted by Crippen LogP contribution is -2.32. The topological polar surface area (TPSA) is 23.6 Å². The van der Waals surface area contributed by atoms with Crippen molar-refractivity contribution in [1.82, 2.24) is 9.80 Å². The molecule has 0 spiro atoms. The maximum absolute atomic E-state index is 11.5. The monoisotopic (exact) mass is 280 g/mol. The van der Waals surface area contributed by atoms with Gasteiger partial charge in [0.2, 0.25) is 5.91 Å². The predicted octanol–water partition coefficient (Wildman–Crippen LogP) is 2.21. The van der Waals surface area contributed by atoms with Gasteiger partial charge in [-0.25, -0.2) is 0 Å². The standard InChI is InChI=1S/C15H21ClN2O/c1-17(10-13-5-3-2-4-6-13)11-14-7-8-18(12-14)15(19)9-16/h2-6,14H,7-12H2,1H3/t14-/m1/s1. The van der Waals surface area contributed by atoms with Crippen molar-refractivity contribution in [2.24, 2.45) is 5.92 Å². The first-order chi connectivity index (χ1) is 9.19. The summed E-state index contributed by atoms with van der Waals surface area (Å²) in [6.07, 6.45) is 1.09. The number of carbonyl (C=O) groups is 1. The molecule has 1 heterocycles. The smallest absolute Gasteiger partial charge is 0.237 e. The predicted molar refractivity (Wildman–Crippen MR) is 78.2 cm³/mol. The normalized spacial score (nSPS) is 19.1. The van der Waals surface area contributed by atoms with Gasteiger partial charge in [0.05, 0.1) is 0 Å². The molecule has 1 aliphatic rings. The summed E-state index contributed by atoms with van der Waals surface area (Å²) in [6.45, 7) is 3.70. The van der Waals surface area contributed by atoms with Gasteiger partial charge in [-0.15, -0.1) is 11.6 Å². The number of rotatable bonds is 5. The van der Waals surface area contributed by atoms with Crippen LogP contribution in [-0.2, 0) is 11.3 Å². The van der Waals surface area contributed by atoms with Crippen LogP contribution in [0.25, 0.3) is 0 Å². The summed E-state index contributed by atoms with van der Waals surface area (Å²) >= 11 is 5.59. The number of benzene rings is 1. The molecule has 1 saturated heterocycles. The van der Waals surface area contributed by atoms with Gasteiger partial charge in [-0.1, -0.05) is 30.3 Å². The summed E-state index contributed by atoms with van der Waals surface area (Å²) in [7, 11) is 2.14. The van der Waals surface area contributed by atoms with E-state index in [-0.39, 0.29) is 11.8 Å². The lowest BCUT2D eigenvalue weighted by molar-refractivity contribution is -0.127. The highest BCUT2D eigenvalue weighted by Gasteiger charge is 2.26. The number of carbonyl (C=O) groups excluding carboxylic acids is 1. The molecule has 1 aromatic carbocycles. The zero-order valence-corrected chi connectivity index (χ0v) is 12.1. The Hall–Kier alpha value is -1.06. The second-order valence-electron chi connectivity index (χ2n) is 5.31. The third-order valence-electron chi connectivity index (χ3n) is 3.62. The molecule has 0 aromatic heterocycles. The van der Waals surface area contributed by atoms with Crippen LogP contribution in [0.15, 0.2) is 30.3 Å². The number of hydrogen-bond donors (Lipinski definition) is 0. The minimum absolute atomic E-state index is 0.0647. The molecule has 0 bridgehead atoms. The molecule has 0 N–H and O–H groups in total. The van der Waals surface area contributed by atoms with Crippen molar-refractivity contribution in [2.45, 2.75) is 13.0 Å². The first-order valence-corrected chi connectivity index (χ1v) is 7.28. The van der Waals surface area contributed by atoms with Crippen molar-refractivity contribution >= 4 is 17.5 Å². The first-order valence-electron chi connectivity index (χ1n) is 6.75. The lowest BCUT2D eigenvalue weighted by atomic mass is 10.1. The lowest BCUT2D eigenvalue weighted by Gasteiger charge is -2.21. The minimum atomic E-state index is 0.0647. The fraction of sp³-hybridized carbons (Fsp3) is 0.533. The second kappa shape index (κ2) is 6.92. The Morgan fingerprint density at radius 1 is 1.42 bits per heavy atom. The van der Waals surface area contributed by atoms with Gasteiger partial charge in [0.1, 0.15) is 5.88 Å². The zero-order valence-electron chi connectivity index (χ0n) is 11.4. The Morgan fingerprint density at radius 2 is 2.16 bits per heavy atom. The number of alkyl halides is 1. The molecule has 19 heavy (non-hydrogen) atoms. The first kappa shape index (κ1) is 14.4. The van der Waals surface area contributed by atoms with Gasteiger partial charge in [0.25, 0.3) is 0 Å². The van der Waals surface area contributed by atoms with Crippen LogP contribution in [-0.4, -0.2) is 48.3 Å². The summed E-state index contributed by atoms with van der Waals surface area (Å²) in [4.78, 5) is 15.7. The van der Waals surface area contributed by atoms with Crippen molar-refractivity contribution in [3.8, 4) is 0 Å². The fourth-order valence-corrected chi connectivity index (χ4v) is 2.86. The minimum Gasteiger partial charge on any atom is -0.341 e. The molecular weight excluding hydrogens is 260 g/mol. The van der Waals surface area contributed by atoms with Crippen LogP contribution in [0, 0.1) is 5.92 Å². The Bertz CT molecular complexity index is 410. The van der Waals surface area contributed by atoms with Gasteiger partial charge < -0.3 is 9.80 Å². The maximum Gasteiger partial charge on any atom is 0.237 e. The van der Waals surface area contributed by atoms with Gasteiger partial charge in [0, 0.05) is 26.2 Å². The number of hydrogen-bond acceptors (Lipinski definition) is 2. The van der Waals surface area contributed by atoms with Gasteiger partial charge in [0.15, 0.2) is 0 Å². The quantitative estimate of drug-likeness (QED) is 0.772. The van der Waals surface area contributed by atoms with Gasteiger partial charge >= 0.3 is 0 Å². The summed E-state index contributed by atoms with van der Waals surface area (Å²) in [5.74, 6) is 0.739. The average Bonchev–Trinajstić information content (AvgIpc) is 2.87. The van der Waals surface area contributed by atoms with Crippen LogP contribution in [0.3, 0.4) is 0 Å². The SMILES string of the molecule is CN(Cc1ccccc1)C[C@H]1CCN(C(=O)CCl)C1. The molecule has 0 saturated carbocycles. The van der Waals surface area contributed by atoms with E-state index in [0.29, 0.717) is 5.92 Å². The van der Waals surface area contributed by atoms with Crippen molar-refractivity contribution in [2.75, 3.05) is 32.6 Å². The van der Waals surface area contributed by atoms with Gasteiger partial charge in [-0.3, -0.25) is 4.79 Å². The van der Waals surface area contributed by atoms with Crippen LogP contribution in [0.2, 0.25) is 0 Å². The molecular formula is C15H21ClN2O. The Labute approximate surface area is 120 Å². The van der Waals surface area contributed by atoms with E-state index in [2.05, 4.69) is 36.2 Å². The molecule has 0 unspecified atom stereocenters. The number of likely N-dealkylation sites (tertiary alicyclic amines) is 1. The molecule has 1 atom stereocenters. The van der Waals surface area contributed by atoms with Crippen LogP contribution in [0.4, 0.5) is 0 Å². The highest BCUT2D eigenvalue weighted by Crippen LogP contribution is 2.18. The highest BCUT2D eigenvalue weighted by molar-refractivity contribution is 6.27. The Balaban J connectivity index is 1.78. The number of amides is 1. The van der Waals surface area contributed by atoms with Crippen molar-refractivity contribution in [3.63, 3.8) is 0 Å². The molecule has 1 amide bonds. The maximum atomic E-state index is 11.5. The summed E-state index contributed by atoms with van der Waals surface area (Å²) in [5.41, 5.74) is 1.33. The molecule has 4 heteroatoms. The van der Waals surface area contributed by atoms with E-state index in [9.17, 15) is 4.79 Å². The van der Waals surface area contributed by atoms with E-state index in [4.69, 9.17) is 11.6 Å². The molecule has 1 fully saturated rings. The molecule has 2 rings (SSSR count). The zero-order chi connectivity index (χ0) is 13.7. The van der Waals surface area contributed by atoms with E-state index in [1.54, 1.807) is 0 Å². The van der Waals surface area contributed by atoms with Gasteiger partial charge in [-0.2, -0.15) is 0 Å². The summed E-state index contributed by atoms with van der Waals surface area (Å²) < 4.78 is 0. The number of nitrogens with zero attached hydrogens (tertiary/aromatic N) is 2. The third kappa shape index (κ3) is 4.22. The van der Waals surface area contributed by atoms with Crippen molar-refractivity contribution < 1.29 is 4.79 Å². The van der Waals surface area contributed by atoms with E-state index in [1.807, 2.05) is 11.0 Å². The van der Waals surface area contributed by atoms with Crippen LogP contribution in [0.1, 0.15) is 12.0 Å². The number of halogens is 1. The van der Waals surface area contributed by atoms with Crippen molar-refractivity contribution in [1.29, 1.82) is 0 Å². The van der Waals surface area contributed by atoms with E-state index in [1.165, 1.54) is 5.56 Å². The van der Waals surface area contributed by atoms with E-state index in [0.717, 1.165) is 32.6 Å². The fourth-order valence-electron chi connectivity index (χ4n) is 2.69. The average molecular weight is 281 g/mol. The molecule has 0 radical (unpaired) electrons. The Kier molecular flexibility index (Phi) is 5.23. The highest BCUT2D eigenvalue weighted by atomic mass is 35.5. The second-order valence-corrected chi connectivity index (χ2v) is 5.58. The molecule has 0 aliphatic carbocycles. The van der Waals surface area contributed by atoms with Crippen LogP contribution >= 0.6 is 11.6 Å². The molecule has 1 aliphatic heterocycles. The Morgan fingerprint density at radius 3 is 2.84 bits per heavy atom. The molecule has 1 aromatic rings. The largest absolute Gasteiger partial charge is 0.341 e. The van der Waals surface area contributed by atoms with Crippen LogP contribution in [0.5, 0.6) is 0 Å². The van der Waals surface area contributed by atoms with Gasteiger partial charge in [-0.05, 0) is 24.9 Å². The summed E-state index contributed by atoms with van der Waals surface area (Å²) in [5, 5.41) is 0. The van der Waals surface area contributed by atoms with Crippen LogP contribution < -0.4 is 0 Å². The summed E-state index contributed by atoms with van der Waals surface area (Å²) in [6, 6.07) is 10.5. The van der Waals surface area contributed by atoms with E-state index >= 15 is 0 Å². The molecule has 3 nitrogen and oxygen atoms in total. The molecule has 104 valence electrons. The third-order valence-corrected chi connectivity index (χ3v) is 3.85.